The van der Waals surface area contributed by atoms with E-state index in [1.165, 1.54) is 47.4 Å². The number of carboxylic acids is 1. The van der Waals surface area contributed by atoms with Crippen LogP contribution >= 0.6 is 11.6 Å². The molecule has 1 saturated heterocycles. The minimum Gasteiger partial charge on any atom is -0.477 e. The molecule has 0 saturated carbocycles. The molecule has 5 N–H and O–H groups in total. The van der Waals surface area contributed by atoms with Crippen molar-refractivity contribution < 1.29 is 39.0 Å². The van der Waals surface area contributed by atoms with Crippen LogP contribution in [0.25, 0.3) is 16.6 Å². The highest BCUT2D eigenvalue weighted by molar-refractivity contribution is 6.40. The third-order valence-electron chi connectivity index (χ3n) is 7.61. The van der Waals surface area contributed by atoms with Crippen LogP contribution in [0.1, 0.15) is 23.3 Å². The number of anilines is 2. The Balaban J connectivity index is 1.34. The predicted molar refractivity (Wildman–Crippen MR) is 169 cm³/mol. The Bertz CT molecular complexity index is 1900. The minimum absolute atomic E-state index is 0.0688. The van der Waals surface area contributed by atoms with E-state index in [4.69, 9.17) is 11.6 Å². The molecule has 0 radical (unpaired) electrons. The maximum Gasteiger partial charge on any atom is 0.416 e. The Labute approximate surface area is 276 Å². The number of aromatic carboxylic acids is 1. The number of nitrogens with one attached hydrogen (secondary N) is 3. The quantitative estimate of drug-likeness (QED) is 0.156. The van der Waals surface area contributed by atoms with Crippen molar-refractivity contribution in [1.29, 1.82) is 0 Å². The predicted octanol–water partition coefficient (Wildman–Crippen LogP) is 1.11. The van der Waals surface area contributed by atoms with Crippen LogP contribution in [0.5, 0.6) is 0 Å². The van der Waals surface area contributed by atoms with Crippen molar-refractivity contribution in [1.82, 2.24) is 39.9 Å². The Morgan fingerprint density at radius 3 is 2.35 bits per heavy atom. The van der Waals surface area contributed by atoms with Crippen molar-refractivity contribution in [3.05, 3.63) is 59.5 Å². The summed E-state index contributed by atoms with van der Waals surface area (Å²) in [7, 11) is 1.94. The second-order valence-electron chi connectivity index (χ2n) is 10.8. The number of carbonyl (C=O) groups excluding carboxylic acids is 4. The van der Waals surface area contributed by atoms with Crippen molar-refractivity contribution in [3.63, 3.8) is 0 Å². The molecule has 0 unspecified atom stereocenters. The van der Waals surface area contributed by atoms with Gasteiger partial charge in [-0.3, -0.25) is 19.2 Å². The van der Waals surface area contributed by atoms with Crippen LogP contribution < -0.4 is 16.0 Å². The average molecular weight is 681 g/mol. The van der Waals surface area contributed by atoms with Gasteiger partial charge in [0.15, 0.2) is 0 Å². The molecular weight excluding hydrogens is 652 g/mol. The highest BCUT2D eigenvalue weighted by Crippen LogP contribution is 2.25. The SMILES string of the molecule is CN1CCN(C(=O)CC[C@H](NC(=O)C(=O)Nc2cc(Cl)ccc2-n2cnnn2)C(=O)Nc2ccc3c(c2)cc(C(=O)O)n3C(=O)O)CC1. The first kappa shape index (κ1) is 33.5. The molecule has 48 heavy (non-hydrogen) atoms. The summed E-state index contributed by atoms with van der Waals surface area (Å²) < 4.78 is 1.84. The summed E-state index contributed by atoms with van der Waals surface area (Å²) in [5, 5.41) is 37.7. The van der Waals surface area contributed by atoms with Crippen LogP contribution in [-0.4, -0.2) is 120 Å². The number of likely N-dealkylation sites (N-methyl/N-ethyl adjacent to an activating group) is 1. The third kappa shape index (κ3) is 7.56. The molecule has 250 valence electrons. The molecule has 4 aromatic rings. The van der Waals surface area contributed by atoms with Gasteiger partial charge in [-0.15, -0.1) is 5.10 Å². The largest absolute Gasteiger partial charge is 0.477 e. The van der Waals surface area contributed by atoms with Crippen LogP contribution in [0.4, 0.5) is 16.2 Å². The number of hydrogen-bond donors (Lipinski definition) is 5. The van der Waals surface area contributed by atoms with Gasteiger partial charge in [0.1, 0.15) is 18.1 Å². The van der Waals surface area contributed by atoms with Gasteiger partial charge < -0.3 is 36.0 Å². The fourth-order valence-corrected chi connectivity index (χ4v) is 5.29. The molecular formula is C29H29ClN10O8. The van der Waals surface area contributed by atoms with E-state index in [1.807, 2.05) is 7.05 Å². The topological polar surface area (TPSA) is 234 Å². The van der Waals surface area contributed by atoms with Gasteiger partial charge in [0, 0.05) is 48.7 Å². The summed E-state index contributed by atoms with van der Waals surface area (Å²) in [5.41, 5.74) is 0.118. The van der Waals surface area contributed by atoms with Gasteiger partial charge >= 0.3 is 23.9 Å². The number of carboxylic acid groups (broad SMARTS) is 2. The normalized spacial score (nSPS) is 13.9. The molecule has 0 spiro atoms. The number of rotatable bonds is 9. The lowest BCUT2D eigenvalue weighted by Crippen LogP contribution is -2.49. The Morgan fingerprint density at radius 1 is 0.938 bits per heavy atom. The summed E-state index contributed by atoms with van der Waals surface area (Å²) in [5.74, 6) is -4.82. The smallest absolute Gasteiger partial charge is 0.416 e. The molecule has 2 aromatic heterocycles. The van der Waals surface area contributed by atoms with Gasteiger partial charge in [0.05, 0.1) is 16.9 Å². The number of carbonyl (C=O) groups is 6. The molecule has 0 bridgehead atoms. The van der Waals surface area contributed by atoms with Gasteiger partial charge in [0.2, 0.25) is 11.8 Å². The van der Waals surface area contributed by atoms with E-state index in [0.29, 0.717) is 36.4 Å². The highest BCUT2D eigenvalue weighted by atomic mass is 35.5. The summed E-state index contributed by atoms with van der Waals surface area (Å²) >= 11 is 6.10. The van der Waals surface area contributed by atoms with Crippen molar-refractivity contribution in [2.24, 2.45) is 0 Å². The van der Waals surface area contributed by atoms with E-state index in [0.717, 1.165) is 6.07 Å². The zero-order chi connectivity index (χ0) is 34.5. The number of aromatic nitrogens is 5. The van der Waals surface area contributed by atoms with Gasteiger partial charge in [-0.25, -0.2) is 14.2 Å². The summed E-state index contributed by atoms with van der Waals surface area (Å²) in [6.45, 7) is 2.36. The summed E-state index contributed by atoms with van der Waals surface area (Å²) in [6.07, 6.45) is -0.519. The summed E-state index contributed by atoms with van der Waals surface area (Å²) in [6, 6.07) is 8.23. The second-order valence-corrected chi connectivity index (χ2v) is 11.3. The molecule has 5 rings (SSSR count). The van der Waals surface area contributed by atoms with Gasteiger partial charge in [0.25, 0.3) is 0 Å². The minimum atomic E-state index is -1.51. The summed E-state index contributed by atoms with van der Waals surface area (Å²) in [4.78, 5) is 79.7. The maximum absolute atomic E-state index is 13.5. The Kier molecular flexibility index (Phi) is 9.95. The molecule has 1 aliphatic heterocycles. The first-order valence-electron chi connectivity index (χ1n) is 14.5. The van der Waals surface area contributed by atoms with Gasteiger partial charge in [-0.1, -0.05) is 11.6 Å². The zero-order valence-electron chi connectivity index (χ0n) is 25.3. The van der Waals surface area contributed by atoms with Crippen molar-refractivity contribution in [2.75, 3.05) is 43.9 Å². The van der Waals surface area contributed by atoms with Crippen LogP contribution in [0, 0.1) is 0 Å². The Morgan fingerprint density at radius 2 is 1.69 bits per heavy atom. The lowest BCUT2D eigenvalue weighted by molar-refractivity contribution is -0.138. The number of piperazine rings is 1. The van der Waals surface area contributed by atoms with E-state index in [9.17, 15) is 39.0 Å². The molecule has 1 aliphatic rings. The van der Waals surface area contributed by atoms with Crippen molar-refractivity contribution in [3.8, 4) is 5.69 Å². The van der Waals surface area contributed by atoms with E-state index >= 15 is 0 Å². The lowest BCUT2D eigenvalue weighted by Gasteiger charge is -2.32. The molecule has 19 heteroatoms. The first-order valence-corrected chi connectivity index (χ1v) is 14.8. The average Bonchev–Trinajstić information content (AvgIpc) is 3.72. The fraction of sp³-hybridized carbons (Fsp3) is 0.276. The fourth-order valence-electron chi connectivity index (χ4n) is 5.12. The number of tetrazole rings is 1. The second kappa shape index (κ2) is 14.3. The van der Waals surface area contributed by atoms with Crippen LogP contribution in [-0.2, 0) is 19.2 Å². The highest BCUT2D eigenvalue weighted by Gasteiger charge is 2.28. The van der Waals surface area contributed by atoms with Crippen molar-refractivity contribution >= 4 is 69.6 Å². The molecule has 1 atom stereocenters. The zero-order valence-corrected chi connectivity index (χ0v) is 26.0. The van der Waals surface area contributed by atoms with Crippen LogP contribution in [0.2, 0.25) is 5.02 Å². The standard InChI is InChI=1S/C29H29ClN10O8/c1-37-8-10-38(11-9-37)24(41)7-4-19(25(42)32-18-3-6-21-16(12-18)13-23(28(45)46)40(21)29(47)48)33-26(43)27(44)34-20-14-17(30)2-5-22(20)39-15-31-35-36-39/h2-3,5-6,12-15,19H,4,7-11H2,1H3,(H,32,42)(H,33,43)(H,34,44)(H,45,46)(H,47,48)/t19-/m0/s1. The van der Waals surface area contributed by atoms with Crippen LogP contribution in [0.15, 0.2) is 48.8 Å². The van der Waals surface area contributed by atoms with Crippen molar-refractivity contribution in [2.45, 2.75) is 18.9 Å². The number of fused-ring (bicyclic) bond motifs is 1. The van der Waals surface area contributed by atoms with E-state index < -0.39 is 41.5 Å². The number of halogens is 1. The monoisotopic (exact) mass is 680 g/mol. The third-order valence-corrected chi connectivity index (χ3v) is 7.85. The molecule has 3 heterocycles. The number of benzene rings is 2. The molecule has 0 aliphatic carbocycles. The van der Waals surface area contributed by atoms with Crippen LogP contribution in [0.3, 0.4) is 0 Å². The Hall–Kier alpha value is -5.88. The van der Waals surface area contributed by atoms with Gasteiger partial charge in [-0.05, 0) is 66.4 Å². The van der Waals surface area contributed by atoms with Gasteiger partial charge in [-0.2, -0.15) is 4.68 Å². The number of amides is 4. The maximum atomic E-state index is 13.5. The first-order chi connectivity index (χ1) is 22.9. The number of nitrogens with zero attached hydrogens (tertiary/aromatic N) is 7. The van der Waals surface area contributed by atoms with E-state index in [-0.39, 0.29) is 46.0 Å². The molecule has 2 aromatic carbocycles. The molecule has 1 fully saturated rings. The lowest BCUT2D eigenvalue weighted by atomic mass is 10.1. The molecule has 18 nitrogen and oxygen atoms in total. The van der Waals surface area contributed by atoms with E-state index in [2.05, 4.69) is 36.4 Å². The molecule has 4 amide bonds. The van der Waals surface area contributed by atoms with E-state index in [1.54, 1.807) is 4.90 Å². The number of hydrogen-bond acceptors (Lipinski definition) is 10.